The number of hydrogen-bond acceptors (Lipinski definition) is 4. The zero-order chi connectivity index (χ0) is 19.0. The Balaban J connectivity index is 2.00. The van der Waals surface area contributed by atoms with Gasteiger partial charge in [0.05, 0.1) is 27.3 Å². The minimum Gasteiger partial charge on any atom is -0.268 e. The number of nitrogens with zero attached hydrogens (tertiary/aromatic N) is 3. The lowest BCUT2D eigenvalue weighted by Gasteiger charge is -2.13. The highest BCUT2D eigenvalue weighted by molar-refractivity contribution is 9.10. The smallest absolute Gasteiger partial charge is 0.266 e. The number of para-hydroxylation sites is 1. The van der Waals surface area contributed by atoms with E-state index in [2.05, 4.69) is 25.9 Å². The van der Waals surface area contributed by atoms with Gasteiger partial charge < -0.3 is 0 Å². The van der Waals surface area contributed by atoms with E-state index >= 15 is 0 Å². The van der Waals surface area contributed by atoms with Gasteiger partial charge in [-0.05, 0) is 65.3 Å². The molecule has 0 bridgehead atoms. The van der Waals surface area contributed by atoms with Gasteiger partial charge >= 0.3 is 0 Å². The van der Waals surface area contributed by atoms with Crippen LogP contribution in [0.2, 0.25) is 0 Å². The highest BCUT2D eigenvalue weighted by atomic mass is 79.9. The summed E-state index contributed by atoms with van der Waals surface area (Å²) in [6.07, 6.45) is 3.56. The summed E-state index contributed by atoms with van der Waals surface area (Å²) in [4.78, 5) is 22.1. The first-order valence-electron chi connectivity index (χ1n) is 8.10. The van der Waals surface area contributed by atoms with Gasteiger partial charge in [0.2, 0.25) is 0 Å². The second kappa shape index (κ2) is 7.17. The zero-order valence-electron chi connectivity index (χ0n) is 14.2. The van der Waals surface area contributed by atoms with Crippen molar-refractivity contribution in [3.63, 3.8) is 0 Å². The molecule has 0 atom stereocenters. The lowest BCUT2D eigenvalue weighted by Crippen LogP contribution is -2.22. The molecular weight excluding hydrogens is 429 g/mol. The first-order valence-corrected chi connectivity index (χ1v) is 9.77. The summed E-state index contributed by atoms with van der Waals surface area (Å²) in [6.45, 7) is 1.93. The molecule has 0 N–H and O–H groups in total. The van der Waals surface area contributed by atoms with E-state index in [9.17, 15) is 9.18 Å². The fraction of sp³-hybridized carbons (Fsp3) is 0.0500. The van der Waals surface area contributed by atoms with Gasteiger partial charge in [0.1, 0.15) is 11.6 Å². The number of aryl methyl sites for hydroxylation is 1. The van der Waals surface area contributed by atoms with Crippen LogP contribution in [0.25, 0.3) is 28.7 Å². The van der Waals surface area contributed by atoms with E-state index < -0.39 is 5.82 Å². The first-order chi connectivity index (χ1) is 13.0. The molecular formula is C20H13BrFN3OS. The Labute approximate surface area is 166 Å². The van der Waals surface area contributed by atoms with Crippen molar-refractivity contribution >= 4 is 50.3 Å². The Morgan fingerprint density at radius 3 is 2.70 bits per heavy atom. The average molecular weight is 442 g/mol. The van der Waals surface area contributed by atoms with Gasteiger partial charge in [-0.15, -0.1) is 11.3 Å². The Bertz CT molecular complexity index is 1250. The van der Waals surface area contributed by atoms with Gasteiger partial charge in [-0.2, -0.15) is 0 Å². The monoisotopic (exact) mass is 441 g/mol. The van der Waals surface area contributed by atoms with Crippen molar-refractivity contribution in [2.24, 2.45) is 0 Å². The number of benzene rings is 2. The quantitative estimate of drug-likeness (QED) is 0.437. The van der Waals surface area contributed by atoms with Crippen LogP contribution in [-0.2, 0) is 0 Å². The van der Waals surface area contributed by atoms with Gasteiger partial charge in [0.15, 0.2) is 0 Å². The number of hydrogen-bond donors (Lipinski definition) is 0. The second-order valence-corrected chi connectivity index (χ2v) is 7.76. The maximum atomic E-state index is 13.7. The van der Waals surface area contributed by atoms with Gasteiger partial charge in [0.25, 0.3) is 5.56 Å². The number of thiazole rings is 1. The molecule has 0 aliphatic rings. The largest absolute Gasteiger partial charge is 0.268 e. The highest BCUT2D eigenvalue weighted by Gasteiger charge is 2.14. The molecule has 2 aromatic carbocycles. The van der Waals surface area contributed by atoms with Crippen LogP contribution >= 0.6 is 27.3 Å². The number of halogens is 2. The van der Waals surface area contributed by atoms with Crippen LogP contribution in [0.5, 0.6) is 0 Å². The Kier molecular flexibility index (Phi) is 4.72. The van der Waals surface area contributed by atoms with Crippen LogP contribution < -0.4 is 5.56 Å². The minimum absolute atomic E-state index is 0.229. The molecule has 0 radical (unpaired) electrons. The Morgan fingerprint density at radius 2 is 1.96 bits per heavy atom. The van der Waals surface area contributed by atoms with Crippen LogP contribution in [0.3, 0.4) is 0 Å². The molecule has 0 aliphatic heterocycles. The van der Waals surface area contributed by atoms with Gasteiger partial charge in [-0.25, -0.2) is 14.4 Å². The minimum atomic E-state index is -0.471. The van der Waals surface area contributed by atoms with Crippen molar-refractivity contribution in [1.29, 1.82) is 0 Å². The third-order valence-corrected chi connectivity index (χ3v) is 5.45. The molecule has 7 heteroatoms. The van der Waals surface area contributed by atoms with E-state index in [0.29, 0.717) is 17.0 Å². The SMILES string of the molecule is Cc1nc(/C=C/c2nc3ccc(F)cc3c(=O)n2-c2ccccc2Br)cs1. The third-order valence-electron chi connectivity index (χ3n) is 3.99. The van der Waals surface area contributed by atoms with Crippen molar-refractivity contribution in [2.45, 2.75) is 6.92 Å². The van der Waals surface area contributed by atoms with Gasteiger partial charge in [-0.3, -0.25) is 9.36 Å². The fourth-order valence-electron chi connectivity index (χ4n) is 2.77. The topological polar surface area (TPSA) is 47.8 Å². The van der Waals surface area contributed by atoms with E-state index in [0.717, 1.165) is 15.2 Å². The summed E-state index contributed by atoms with van der Waals surface area (Å²) < 4.78 is 15.9. The van der Waals surface area contributed by atoms with Gasteiger partial charge in [-0.1, -0.05) is 12.1 Å². The van der Waals surface area contributed by atoms with Crippen LogP contribution in [-0.4, -0.2) is 14.5 Å². The summed E-state index contributed by atoms with van der Waals surface area (Å²) in [5, 5.41) is 3.12. The molecule has 0 saturated heterocycles. The zero-order valence-corrected chi connectivity index (χ0v) is 16.6. The van der Waals surface area contributed by atoms with E-state index in [4.69, 9.17) is 0 Å². The predicted octanol–water partition coefficient (Wildman–Crippen LogP) is 5.22. The molecule has 4 aromatic rings. The van der Waals surface area contributed by atoms with Crippen molar-refractivity contribution in [3.8, 4) is 5.69 Å². The normalized spacial score (nSPS) is 11.5. The lowest BCUT2D eigenvalue weighted by atomic mass is 10.2. The molecule has 2 heterocycles. The molecule has 0 fully saturated rings. The summed E-state index contributed by atoms with van der Waals surface area (Å²) in [5.74, 6) is -0.0296. The van der Waals surface area contributed by atoms with E-state index in [1.807, 2.05) is 42.6 Å². The summed E-state index contributed by atoms with van der Waals surface area (Å²) in [7, 11) is 0. The molecule has 0 spiro atoms. The molecule has 0 aliphatic carbocycles. The molecule has 134 valence electrons. The van der Waals surface area contributed by atoms with E-state index in [1.165, 1.54) is 22.8 Å². The average Bonchev–Trinajstić information content (AvgIpc) is 3.07. The molecule has 4 rings (SSSR count). The van der Waals surface area contributed by atoms with Crippen LogP contribution in [0.15, 0.2) is 57.1 Å². The van der Waals surface area contributed by atoms with Crippen molar-refractivity contribution in [3.05, 3.63) is 85.0 Å². The van der Waals surface area contributed by atoms with Crippen molar-refractivity contribution in [1.82, 2.24) is 14.5 Å². The Morgan fingerprint density at radius 1 is 1.15 bits per heavy atom. The molecule has 0 amide bonds. The van der Waals surface area contributed by atoms with E-state index in [-0.39, 0.29) is 10.9 Å². The summed E-state index contributed by atoms with van der Waals surface area (Å²) >= 11 is 5.03. The third kappa shape index (κ3) is 3.48. The van der Waals surface area contributed by atoms with Crippen LogP contribution in [0.4, 0.5) is 4.39 Å². The van der Waals surface area contributed by atoms with Crippen LogP contribution in [0, 0.1) is 12.7 Å². The molecule has 27 heavy (non-hydrogen) atoms. The Hall–Kier alpha value is -2.64. The summed E-state index contributed by atoms with van der Waals surface area (Å²) in [5.41, 5.74) is 1.54. The van der Waals surface area contributed by atoms with Gasteiger partial charge in [0, 0.05) is 9.85 Å². The predicted molar refractivity (Wildman–Crippen MR) is 111 cm³/mol. The number of rotatable bonds is 3. The molecule has 2 aromatic heterocycles. The standard InChI is InChI=1S/C20H13BrFN3OS/c1-12-23-14(11-27-12)7-9-19-24-17-8-6-13(22)10-15(17)20(26)25(19)18-5-3-2-4-16(18)21/h2-11H,1H3/b9-7+. The van der Waals surface area contributed by atoms with E-state index in [1.54, 1.807) is 17.4 Å². The molecule has 0 saturated carbocycles. The van der Waals surface area contributed by atoms with Crippen LogP contribution in [0.1, 0.15) is 16.5 Å². The summed E-state index contributed by atoms with van der Waals surface area (Å²) in [6, 6.07) is 11.4. The second-order valence-electron chi connectivity index (χ2n) is 5.85. The molecule has 4 nitrogen and oxygen atoms in total. The lowest BCUT2D eigenvalue weighted by molar-refractivity contribution is 0.629. The number of fused-ring (bicyclic) bond motifs is 1. The van der Waals surface area contributed by atoms with Crippen molar-refractivity contribution in [2.75, 3.05) is 0 Å². The van der Waals surface area contributed by atoms with Crippen molar-refractivity contribution < 1.29 is 4.39 Å². The fourth-order valence-corrected chi connectivity index (χ4v) is 3.81. The number of aromatic nitrogens is 3. The molecule has 0 unspecified atom stereocenters. The highest BCUT2D eigenvalue weighted by Crippen LogP contribution is 2.23. The first kappa shape index (κ1) is 17.8. The maximum Gasteiger partial charge on any atom is 0.266 e. The maximum absolute atomic E-state index is 13.7.